The van der Waals surface area contributed by atoms with Crippen LogP contribution in [0.3, 0.4) is 0 Å². The van der Waals surface area contributed by atoms with Gasteiger partial charge >= 0.3 is 10.3 Å². The van der Waals surface area contributed by atoms with Crippen molar-refractivity contribution in [2.24, 2.45) is 11.1 Å². The molecular formula is C18H24N4O3S. The van der Waals surface area contributed by atoms with E-state index in [4.69, 9.17) is 9.32 Å². The van der Waals surface area contributed by atoms with E-state index in [0.717, 1.165) is 43.6 Å². The Bertz CT molecular complexity index is 814. The third-order valence-electron chi connectivity index (χ3n) is 4.60. The molecule has 1 saturated carbocycles. The van der Waals surface area contributed by atoms with Gasteiger partial charge in [-0.1, -0.05) is 30.3 Å². The van der Waals surface area contributed by atoms with Crippen LogP contribution in [-0.4, -0.2) is 31.0 Å². The molecule has 3 rings (SSSR count). The van der Waals surface area contributed by atoms with Crippen LogP contribution < -0.4 is 10.5 Å². The van der Waals surface area contributed by atoms with E-state index < -0.39 is 10.3 Å². The molecule has 1 heterocycles. The fraction of sp³-hybridized carbons (Fsp3) is 0.444. The van der Waals surface area contributed by atoms with Crippen molar-refractivity contribution in [3.8, 4) is 0 Å². The molecule has 0 unspecified atom stereocenters. The standard InChI is InChI=1S/C18H24N4O3S/c19-26(23,24)25-12-15-7-9-17(10-15)22-18-11-16(20-13-21-18)8-6-14-4-2-1-3-5-14/h1-5,11,13,15,17H,6-10,12H2,(H2,19,23,24)(H,20,21,22)/t15-,17-/m0/s1. The van der Waals surface area contributed by atoms with Crippen molar-refractivity contribution in [1.29, 1.82) is 0 Å². The summed E-state index contributed by atoms with van der Waals surface area (Å²) in [6.45, 7) is 0.142. The Morgan fingerprint density at radius 1 is 1.15 bits per heavy atom. The minimum absolute atomic E-state index is 0.142. The molecule has 0 radical (unpaired) electrons. The fourth-order valence-corrected chi connectivity index (χ4v) is 3.67. The first-order valence-corrected chi connectivity index (χ1v) is 10.2. The van der Waals surface area contributed by atoms with E-state index >= 15 is 0 Å². The molecule has 2 aromatic rings. The summed E-state index contributed by atoms with van der Waals surface area (Å²) in [5.41, 5.74) is 2.28. The molecule has 140 valence electrons. The number of hydrogen-bond donors (Lipinski definition) is 2. The maximum atomic E-state index is 10.9. The normalized spacial score (nSPS) is 20.2. The van der Waals surface area contributed by atoms with Crippen LogP contribution in [0.15, 0.2) is 42.7 Å². The van der Waals surface area contributed by atoms with Gasteiger partial charge in [-0.2, -0.15) is 8.42 Å². The Labute approximate surface area is 154 Å². The number of aromatic nitrogens is 2. The van der Waals surface area contributed by atoms with Crippen molar-refractivity contribution in [2.75, 3.05) is 11.9 Å². The first-order valence-electron chi connectivity index (χ1n) is 8.76. The zero-order valence-corrected chi connectivity index (χ0v) is 15.4. The predicted molar refractivity (Wildman–Crippen MR) is 99.7 cm³/mol. The van der Waals surface area contributed by atoms with E-state index in [9.17, 15) is 8.42 Å². The highest BCUT2D eigenvalue weighted by Gasteiger charge is 2.26. The van der Waals surface area contributed by atoms with Gasteiger partial charge in [0.2, 0.25) is 0 Å². The quantitative estimate of drug-likeness (QED) is 0.730. The van der Waals surface area contributed by atoms with Gasteiger partial charge < -0.3 is 5.32 Å². The minimum Gasteiger partial charge on any atom is -0.367 e. The highest BCUT2D eigenvalue weighted by Crippen LogP contribution is 2.28. The van der Waals surface area contributed by atoms with Gasteiger partial charge in [-0.15, -0.1) is 0 Å². The molecule has 0 saturated heterocycles. The average molecular weight is 376 g/mol. The maximum absolute atomic E-state index is 10.9. The van der Waals surface area contributed by atoms with Crippen LogP contribution in [0.2, 0.25) is 0 Å². The number of nitrogens with zero attached hydrogens (tertiary/aromatic N) is 2. The molecule has 1 fully saturated rings. The number of nitrogens with one attached hydrogen (secondary N) is 1. The molecule has 1 aliphatic carbocycles. The van der Waals surface area contributed by atoms with Crippen LogP contribution in [0.1, 0.15) is 30.5 Å². The van der Waals surface area contributed by atoms with Gasteiger partial charge in [0.25, 0.3) is 0 Å². The lowest BCUT2D eigenvalue weighted by atomic mass is 10.1. The molecule has 0 aliphatic heterocycles. The van der Waals surface area contributed by atoms with Crippen molar-refractivity contribution >= 4 is 16.1 Å². The molecule has 7 nitrogen and oxygen atoms in total. The molecule has 8 heteroatoms. The number of rotatable bonds is 8. The zero-order chi connectivity index (χ0) is 18.4. The van der Waals surface area contributed by atoms with Gasteiger partial charge in [0.15, 0.2) is 0 Å². The fourth-order valence-electron chi connectivity index (χ4n) is 3.29. The first-order chi connectivity index (χ1) is 12.5. The highest BCUT2D eigenvalue weighted by atomic mass is 32.2. The molecule has 0 amide bonds. The van der Waals surface area contributed by atoms with Crippen LogP contribution in [0.4, 0.5) is 5.82 Å². The Hall–Kier alpha value is -2.03. The summed E-state index contributed by atoms with van der Waals surface area (Å²) in [6, 6.07) is 12.6. The van der Waals surface area contributed by atoms with Gasteiger partial charge in [-0.05, 0) is 43.6 Å². The third-order valence-corrected chi connectivity index (χ3v) is 5.06. The van der Waals surface area contributed by atoms with Gasteiger partial charge in [-0.25, -0.2) is 15.1 Å². The Balaban J connectivity index is 1.49. The van der Waals surface area contributed by atoms with Gasteiger partial charge in [0, 0.05) is 17.8 Å². The lowest BCUT2D eigenvalue weighted by Gasteiger charge is -2.14. The van der Waals surface area contributed by atoms with Crippen LogP contribution in [-0.2, 0) is 27.3 Å². The Kier molecular flexibility index (Phi) is 6.18. The second-order valence-electron chi connectivity index (χ2n) is 6.68. The largest absolute Gasteiger partial charge is 0.367 e. The number of hydrogen-bond acceptors (Lipinski definition) is 6. The SMILES string of the molecule is NS(=O)(=O)OC[C@H]1CC[C@H](Nc2cc(CCc3ccccc3)ncn2)C1. The van der Waals surface area contributed by atoms with Crippen molar-refractivity contribution in [2.45, 2.75) is 38.1 Å². The molecule has 0 spiro atoms. The van der Waals surface area contributed by atoms with Gasteiger partial charge in [0.1, 0.15) is 12.1 Å². The van der Waals surface area contributed by atoms with E-state index in [2.05, 4.69) is 27.4 Å². The van der Waals surface area contributed by atoms with Crippen molar-refractivity contribution in [1.82, 2.24) is 9.97 Å². The lowest BCUT2D eigenvalue weighted by molar-refractivity contribution is 0.256. The summed E-state index contributed by atoms with van der Waals surface area (Å²) in [6.07, 6.45) is 6.06. The predicted octanol–water partition coefficient (Wildman–Crippen LogP) is 2.06. The summed E-state index contributed by atoms with van der Waals surface area (Å²) in [5.74, 6) is 0.992. The molecule has 1 aliphatic rings. The second kappa shape index (κ2) is 8.57. The molecule has 1 aromatic heterocycles. The van der Waals surface area contributed by atoms with Crippen molar-refractivity contribution < 1.29 is 12.6 Å². The van der Waals surface area contributed by atoms with E-state index in [-0.39, 0.29) is 18.6 Å². The summed E-state index contributed by atoms with van der Waals surface area (Å²) in [4.78, 5) is 8.65. The van der Waals surface area contributed by atoms with Crippen molar-refractivity contribution in [3.63, 3.8) is 0 Å². The van der Waals surface area contributed by atoms with Crippen LogP contribution in [0, 0.1) is 5.92 Å². The van der Waals surface area contributed by atoms with Crippen LogP contribution in [0.25, 0.3) is 0 Å². The smallest absolute Gasteiger partial charge is 0.333 e. The second-order valence-corrected chi connectivity index (χ2v) is 7.90. The Morgan fingerprint density at radius 2 is 1.96 bits per heavy atom. The number of benzene rings is 1. The van der Waals surface area contributed by atoms with Gasteiger partial charge in [-0.3, -0.25) is 4.18 Å². The summed E-state index contributed by atoms with van der Waals surface area (Å²) >= 11 is 0. The molecule has 0 bridgehead atoms. The molecule has 3 N–H and O–H groups in total. The zero-order valence-electron chi connectivity index (χ0n) is 14.5. The number of aryl methyl sites for hydroxylation is 2. The van der Waals surface area contributed by atoms with E-state index in [1.165, 1.54) is 5.56 Å². The van der Waals surface area contributed by atoms with Crippen LogP contribution >= 0.6 is 0 Å². The lowest BCUT2D eigenvalue weighted by Crippen LogP contribution is -2.21. The monoisotopic (exact) mass is 376 g/mol. The number of nitrogens with two attached hydrogens (primary N) is 1. The van der Waals surface area contributed by atoms with Gasteiger partial charge in [0.05, 0.1) is 6.61 Å². The molecular weight excluding hydrogens is 352 g/mol. The Morgan fingerprint density at radius 3 is 2.73 bits per heavy atom. The van der Waals surface area contributed by atoms with Crippen molar-refractivity contribution in [3.05, 3.63) is 54.0 Å². The summed E-state index contributed by atoms with van der Waals surface area (Å²) in [7, 11) is -3.86. The minimum atomic E-state index is -3.86. The van der Waals surface area contributed by atoms with E-state index in [1.54, 1.807) is 6.33 Å². The molecule has 26 heavy (non-hydrogen) atoms. The topological polar surface area (TPSA) is 107 Å². The third kappa shape index (κ3) is 6.05. The van der Waals surface area contributed by atoms with Crippen LogP contribution in [0.5, 0.6) is 0 Å². The molecule has 1 aromatic carbocycles. The summed E-state index contributed by atoms with van der Waals surface area (Å²) < 4.78 is 26.5. The first kappa shape index (κ1) is 18.8. The van der Waals surface area contributed by atoms with E-state index in [0.29, 0.717) is 0 Å². The maximum Gasteiger partial charge on any atom is 0.333 e. The number of anilines is 1. The highest BCUT2D eigenvalue weighted by molar-refractivity contribution is 7.84. The molecule has 2 atom stereocenters. The average Bonchev–Trinajstić information content (AvgIpc) is 3.06. The summed E-state index contributed by atoms with van der Waals surface area (Å²) in [5, 5.41) is 8.30. The van der Waals surface area contributed by atoms with E-state index in [1.807, 2.05) is 24.3 Å².